The number of fused-ring (bicyclic) bond motifs is 1. The molecular formula is C11H8ClNO2. The molecule has 2 N–H and O–H groups in total. The van der Waals surface area contributed by atoms with Crippen LogP contribution in [-0.2, 0) is 4.79 Å². The third-order valence-electron chi connectivity index (χ3n) is 2.01. The van der Waals surface area contributed by atoms with Crippen LogP contribution in [0.4, 0.5) is 0 Å². The molecule has 76 valence electrons. The second kappa shape index (κ2) is 3.79. The normalized spacial score (nSPS) is 11.3. The quantitative estimate of drug-likeness (QED) is 0.766. The number of benzene rings is 1. The van der Waals surface area contributed by atoms with Gasteiger partial charge in [-0.3, -0.25) is 0 Å². The average Bonchev–Trinajstić information content (AvgIpc) is 2.56. The van der Waals surface area contributed by atoms with Crippen LogP contribution in [0.3, 0.4) is 0 Å². The SMILES string of the molecule is O=C(O)C=Cc1cc2ccc(Cl)cc2[nH]1. The number of hydrogen-bond donors (Lipinski definition) is 2. The molecule has 0 saturated carbocycles. The molecule has 0 aliphatic heterocycles. The molecular weight excluding hydrogens is 214 g/mol. The first-order valence-corrected chi connectivity index (χ1v) is 4.72. The van der Waals surface area contributed by atoms with Gasteiger partial charge in [-0.25, -0.2) is 4.79 Å². The zero-order valence-corrected chi connectivity index (χ0v) is 8.45. The second-order valence-corrected chi connectivity index (χ2v) is 3.56. The van der Waals surface area contributed by atoms with Crippen molar-refractivity contribution in [2.75, 3.05) is 0 Å². The van der Waals surface area contributed by atoms with Gasteiger partial charge >= 0.3 is 5.97 Å². The third-order valence-corrected chi connectivity index (χ3v) is 2.25. The van der Waals surface area contributed by atoms with Gasteiger partial charge in [0, 0.05) is 27.7 Å². The molecule has 0 fully saturated rings. The minimum atomic E-state index is -0.966. The molecule has 0 saturated heterocycles. The zero-order valence-electron chi connectivity index (χ0n) is 7.70. The lowest BCUT2D eigenvalue weighted by Crippen LogP contribution is -1.85. The Morgan fingerprint density at radius 1 is 1.40 bits per heavy atom. The van der Waals surface area contributed by atoms with Crippen LogP contribution in [0.1, 0.15) is 5.69 Å². The van der Waals surface area contributed by atoms with Crippen molar-refractivity contribution in [2.24, 2.45) is 0 Å². The first-order chi connectivity index (χ1) is 7.15. The molecule has 0 radical (unpaired) electrons. The molecule has 0 bridgehead atoms. The third kappa shape index (κ3) is 2.19. The topological polar surface area (TPSA) is 53.1 Å². The predicted molar refractivity (Wildman–Crippen MR) is 60.0 cm³/mol. The van der Waals surface area contributed by atoms with Gasteiger partial charge in [0.05, 0.1) is 0 Å². The van der Waals surface area contributed by atoms with Gasteiger partial charge in [-0.05, 0) is 24.3 Å². The molecule has 0 unspecified atom stereocenters. The van der Waals surface area contributed by atoms with Crippen molar-refractivity contribution in [3.05, 3.63) is 41.1 Å². The van der Waals surface area contributed by atoms with E-state index < -0.39 is 5.97 Å². The van der Waals surface area contributed by atoms with Crippen LogP contribution in [0.25, 0.3) is 17.0 Å². The van der Waals surface area contributed by atoms with Crippen LogP contribution in [-0.4, -0.2) is 16.1 Å². The monoisotopic (exact) mass is 221 g/mol. The van der Waals surface area contributed by atoms with E-state index in [0.29, 0.717) is 5.02 Å². The van der Waals surface area contributed by atoms with Gasteiger partial charge in [0.15, 0.2) is 0 Å². The lowest BCUT2D eigenvalue weighted by atomic mass is 10.2. The van der Waals surface area contributed by atoms with Crippen molar-refractivity contribution in [1.29, 1.82) is 0 Å². The molecule has 0 spiro atoms. The van der Waals surface area contributed by atoms with E-state index in [1.807, 2.05) is 12.1 Å². The summed E-state index contributed by atoms with van der Waals surface area (Å²) in [7, 11) is 0. The van der Waals surface area contributed by atoms with Crippen molar-refractivity contribution in [3.8, 4) is 0 Å². The molecule has 1 aromatic carbocycles. The van der Waals surface area contributed by atoms with Crippen molar-refractivity contribution in [1.82, 2.24) is 4.98 Å². The van der Waals surface area contributed by atoms with Gasteiger partial charge in [0.2, 0.25) is 0 Å². The van der Waals surface area contributed by atoms with Gasteiger partial charge in [0.25, 0.3) is 0 Å². The summed E-state index contributed by atoms with van der Waals surface area (Å²) in [6.07, 6.45) is 2.60. The van der Waals surface area contributed by atoms with Crippen LogP contribution in [0, 0.1) is 0 Å². The molecule has 1 heterocycles. The fraction of sp³-hybridized carbons (Fsp3) is 0. The number of carbonyl (C=O) groups is 1. The minimum Gasteiger partial charge on any atom is -0.478 e. The number of hydrogen-bond acceptors (Lipinski definition) is 1. The van der Waals surface area contributed by atoms with E-state index in [2.05, 4.69) is 4.98 Å². The van der Waals surface area contributed by atoms with E-state index in [1.54, 1.807) is 12.1 Å². The van der Waals surface area contributed by atoms with Crippen LogP contribution in [0.15, 0.2) is 30.3 Å². The Balaban J connectivity index is 2.43. The van der Waals surface area contributed by atoms with Crippen LogP contribution in [0.2, 0.25) is 5.02 Å². The summed E-state index contributed by atoms with van der Waals surface area (Å²) in [6, 6.07) is 7.34. The largest absolute Gasteiger partial charge is 0.478 e. The van der Waals surface area contributed by atoms with Gasteiger partial charge in [-0.1, -0.05) is 17.7 Å². The number of carboxylic acid groups (broad SMARTS) is 1. The van der Waals surface area contributed by atoms with E-state index in [0.717, 1.165) is 22.7 Å². The summed E-state index contributed by atoms with van der Waals surface area (Å²) in [4.78, 5) is 13.4. The number of halogens is 1. The molecule has 2 aromatic rings. The molecule has 15 heavy (non-hydrogen) atoms. The maximum absolute atomic E-state index is 10.3. The van der Waals surface area contributed by atoms with E-state index in [-0.39, 0.29) is 0 Å². The Labute approximate surface area is 91.0 Å². The number of rotatable bonds is 2. The summed E-state index contributed by atoms with van der Waals surface area (Å²) in [5.74, 6) is -0.966. The maximum Gasteiger partial charge on any atom is 0.328 e. The van der Waals surface area contributed by atoms with Crippen LogP contribution >= 0.6 is 11.6 Å². The van der Waals surface area contributed by atoms with Crippen LogP contribution in [0.5, 0.6) is 0 Å². The molecule has 4 heteroatoms. The maximum atomic E-state index is 10.3. The average molecular weight is 222 g/mol. The van der Waals surface area contributed by atoms with Crippen molar-refractivity contribution < 1.29 is 9.90 Å². The van der Waals surface area contributed by atoms with E-state index in [9.17, 15) is 4.79 Å². The highest BCUT2D eigenvalue weighted by atomic mass is 35.5. The zero-order chi connectivity index (χ0) is 10.8. The van der Waals surface area contributed by atoms with Gasteiger partial charge < -0.3 is 10.1 Å². The van der Waals surface area contributed by atoms with Gasteiger partial charge in [-0.15, -0.1) is 0 Å². The highest BCUT2D eigenvalue weighted by molar-refractivity contribution is 6.31. The Morgan fingerprint density at radius 2 is 2.20 bits per heavy atom. The summed E-state index contributed by atoms with van der Waals surface area (Å²) in [5.41, 5.74) is 1.64. The number of carboxylic acids is 1. The predicted octanol–water partition coefficient (Wildman–Crippen LogP) is 2.92. The van der Waals surface area contributed by atoms with Crippen molar-refractivity contribution >= 4 is 34.5 Å². The lowest BCUT2D eigenvalue weighted by molar-refractivity contribution is -0.131. The highest BCUT2D eigenvalue weighted by Gasteiger charge is 1.99. The molecule has 1 aromatic heterocycles. The smallest absolute Gasteiger partial charge is 0.328 e. The van der Waals surface area contributed by atoms with Gasteiger partial charge in [0.1, 0.15) is 0 Å². The standard InChI is InChI=1S/C11H8ClNO2/c12-8-2-1-7-5-9(3-4-11(14)15)13-10(7)6-8/h1-6,13H,(H,14,15). The minimum absolute atomic E-state index is 0.651. The molecule has 0 atom stereocenters. The Bertz CT molecular complexity index is 543. The van der Waals surface area contributed by atoms with Gasteiger partial charge in [-0.2, -0.15) is 0 Å². The number of aromatic amines is 1. The second-order valence-electron chi connectivity index (χ2n) is 3.13. The Kier molecular flexibility index (Phi) is 2.47. The number of aromatic nitrogens is 1. The summed E-state index contributed by atoms with van der Waals surface area (Å²) in [5, 5.41) is 10.1. The Morgan fingerprint density at radius 3 is 2.93 bits per heavy atom. The highest BCUT2D eigenvalue weighted by Crippen LogP contribution is 2.20. The first kappa shape index (κ1) is 9.80. The summed E-state index contributed by atoms with van der Waals surface area (Å²) in [6.45, 7) is 0. The molecule has 3 nitrogen and oxygen atoms in total. The number of aliphatic carboxylic acids is 1. The first-order valence-electron chi connectivity index (χ1n) is 4.34. The molecule has 0 aliphatic carbocycles. The number of H-pyrrole nitrogens is 1. The van der Waals surface area contributed by atoms with Crippen molar-refractivity contribution in [3.63, 3.8) is 0 Å². The van der Waals surface area contributed by atoms with Crippen molar-refractivity contribution in [2.45, 2.75) is 0 Å². The summed E-state index contributed by atoms with van der Waals surface area (Å²) < 4.78 is 0. The summed E-state index contributed by atoms with van der Waals surface area (Å²) >= 11 is 5.82. The van der Waals surface area contributed by atoms with Crippen LogP contribution < -0.4 is 0 Å². The van der Waals surface area contributed by atoms with E-state index in [1.165, 1.54) is 6.08 Å². The Hall–Kier alpha value is -1.74. The molecule has 2 rings (SSSR count). The molecule has 0 aliphatic rings. The fourth-order valence-electron chi connectivity index (χ4n) is 1.37. The number of nitrogens with one attached hydrogen (secondary N) is 1. The van der Waals surface area contributed by atoms with E-state index >= 15 is 0 Å². The molecule has 0 amide bonds. The fourth-order valence-corrected chi connectivity index (χ4v) is 1.54. The van der Waals surface area contributed by atoms with E-state index in [4.69, 9.17) is 16.7 Å². The lowest BCUT2D eigenvalue weighted by Gasteiger charge is -1.89.